The maximum Gasteiger partial charge on any atom is -0.0471 e. The van der Waals surface area contributed by atoms with Crippen LogP contribution < -0.4 is 0 Å². The molecule has 0 aromatic rings. The summed E-state index contributed by atoms with van der Waals surface area (Å²) in [4.78, 5) is 0. The van der Waals surface area contributed by atoms with Gasteiger partial charge in [0.05, 0.1) is 0 Å². The molecule has 0 aromatic carbocycles. The molecule has 0 heteroatoms. The van der Waals surface area contributed by atoms with Crippen molar-refractivity contribution in [2.24, 2.45) is 23.7 Å². The van der Waals surface area contributed by atoms with Gasteiger partial charge in [0.1, 0.15) is 0 Å². The molecule has 0 fully saturated rings. The van der Waals surface area contributed by atoms with Gasteiger partial charge < -0.3 is 0 Å². The van der Waals surface area contributed by atoms with Crippen molar-refractivity contribution in [3.05, 3.63) is 0 Å². The first-order valence-corrected chi connectivity index (χ1v) is 27.4. The maximum absolute atomic E-state index is 2.25. The van der Waals surface area contributed by atoms with Gasteiger partial charge in [-0.05, 0) is 23.7 Å². The fraction of sp³-hybridized carbons (Fsp3) is 1.00. The molecule has 0 heterocycles. The van der Waals surface area contributed by atoms with Crippen molar-refractivity contribution in [1.29, 1.82) is 0 Å². The van der Waals surface area contributed by atoms with Crippen molar-refractivity contribution in [2.75, 3.05) is 0 Å². The van der Waals surface area contributed by atoms with E-state index in [1.165, 1.54) is 167 Å². The molecule has 0 radical (unpaired) electrons. The molecule has 0 N–H and O–H groups in total. The second-order valence-electron chi connectivity index (χ2n) is 17.5. The zero-order valence-electron chi connectivity index (χ0n) is 48.7. The molecular weight excluding hydrogens is 697 g/mol. The lowest BCUT2D eigenvalue weighted by Crippen LogP contribution is -1.81. The van der Waals surface area contributed by atoms with Gasteiger partial charge in [0.2, 0.25) is 0 Å². The van der Waals surface area contributed by atoms with E-state index in [1.54, 1.807) is 0 Å². The summed E-state index contributed by atoms with van der Waals surface area (Å²) in [5, 5.41) is 0. The molecule has 372 valence electrons. The van der Waals surface area contributed by atoms with Crippen LogP contribution in [0.15, 0.2) is 0 Å². The summed E-state index contributed by atoms with van der Waals surface area (Å²) in [6.45, 7) is 61.7. The molecule has 0 aliphatic carbocycles. The van der Waals surface area contributed by atoms with E-state index in [2.05, 4.69) is 194 Å². The summed E-state index contributed by atoms with van der Waals surface area (Å²) in [6, 6.07) is 0. The molecule has 0 aromatic heterocycles. The summed E-state index contributed by atoms with van der Waals surface area (Å²) in [5.41, 5.74) is 0. The fourth-order valence-corrected chi connectivity index (χ4v) is 2.86. The Kier molecular flexibility index (Phi) is 190. The van der Waals surface area contributed by atoms with Gasteiger partial charge >= 0.3 is 0 Å². The Bertz CT molecular complexity index is 337. The molecule has 0 saturated heterocycles. The number of hydrogen-bond donors (Lipinski definition) is 0. The zero-order chi connectivity index (χ0) is 48.7. The van der Waals surface area contributed by atoms with Crippen LogP contribution in [-0.2, 0) is 0 Å². The average Bonchev–Trinajstić information content (AvgIpc) is 3.19. The Hall–Kier alpha value is 0. The Morgan fingerprint density at radius 3 is 0.345 bits per heavy atom. The van der Waals surface area contributed by atoms with Crippen LogP contribution >= 0.6 is 0 Å². The number of hydrogen-bond acceptors (Lipinski definition) is 0. The SMILES string of the molecule is CCC.CCC.CCC(C)C.CCC(C)C.CCCC.CCCC.CCCC(C)C.CCCC(C)C.CCCCC.CCCCC.CCCCCC.CCCCCC. The van der Waals surface area contributed by atoms with Crippen molar-refractivity contribution >= 4 is 0 Å². The summed E-state index contributed by atoms with van der Waals surface area (Å²) in [6.07, 6.45) is 35.0. The largest absolute Gasteiger partial charge is 0.0656 e. The molecular formula is C58H140. The highest BCUT2D eigenvalue weighted by atomic mass is 13.9. The molecule has 0 unspecified atom stereocenters. The van der Waals surface area contributed by atoms with Crippen molar-refractivity contribution < 1.29 is 0 Å². The minimum atomic E-state index is 0.884. The molecule has 0 nitrogen and oxygen atoms in total. The third kappa shape index (κ3) is 350. The summed E-state index contributed by atoms with van der Waals surface area (Å²) < 4.78 is 0. The summed E-state index contributed by atoms with van der Waals surface area (Å²) in [5.74, 6) is 3.56. The van der Waals surface area contributed by atoms with Crippen LogP contribution in [0.2, 0.25) is 0 Å². The van der Waals surface area contributed by atoms with Crippen LogP contribution in [0.3, 0.4) is 0 Å². The van der Waals surface area contributed by atoms with Gasteiger partial charge in [0.25, 0.3) is 0 Å². The van der Waals surface area contributed by atoms with Gasteiger partial charge in [-0.3, -0.25) is 0 Å². The predicted octanol–water partition coefficient (Wildman–Crippen LogP) is 25.0. The standard InChI is InChI=1S/4C6H14.4C5H12.2C4H10.2C3H8/c2*1-4-5-6(2)3;2*1-3-5-6-4-2;2*1-4-5(2)3;2*1-3-5-4-2;2*1-3-4-2;2*1-3-2/h2*6H,4-5H2,1-3H3;2*3-6H2,1-2H3;2*5H,4H2,1-3H3;2*3-5H2,1-2H3;2*3-4H2,1-2H3;2*3H2,1-2H3. The second-order valence-corrected chi connectivity index (χ2v) is 17.5. The second kappa shape index (κ2) is 124. The normalized spacial score (nSPS) is 8.69. The molecule has 0 aliphatic rings. The monoisotopic (exact) mass is 837 g/mol. The van der Waals surface area contributed by atoms with E-state index in [9.17, 15) is 0 Å². The zero-order valence-corrected chi connectivity index (χ0v) is 48.7. The maximum atomic E-state index is 2.25. The van der Waals surface area contributed by atoms with Crippen molar-refractivity contribution in [3.8, 4) is 0 Å². The van der Waals surface area contributed by atoms with Crippen LogP contribution in [0.1, 0.15) is 361 Å². The molecule has 0 atom stereocenters. The summed E-state index contributed by atoms with van der Waals surface area (Å²) in [7, 11) is 0. The van der Waals surface area contributed by atoms with E-state index < -0.39 is 0 Å². The predicted molar refractivity (Wildman–Crippen MR) is 293 cm³/mol. The Balaban J connectivity index is -0.0000000400. The van der Waals surface area contributed by atoms with E-state index in [0.717, 1.165) is 23.7 Å². The van der Waals surface area contributed by atoms with Crippen LogP contribution in [-0.4, -0.2) is 0 Å². The first-order valence-electron chi connectivity index (χ1n) is 27.4. The van der Waals surface area contributed by atoms with E-state index in [4.69, 9.17) is 0 Å². The Labute approximate surface area is 383 Å². The van der Waals surface area contributed by atoms with Gasteiger partial charge in [0.15, 0.2) is 0 Å². The lowest BCUT2D eigenvalue weighted by atomic mass is 10.1. The smallest absolute Gasteiger partial charge is 0.0471 e. The van der Waals surface area contributed by atoms with Crippen molar-refractivity contribution in [3.63, 3.8) is 0 Å². The van der Waals surface area contributed by atoms with Gasteiger partial charge in [-0.2, -0.15) is 0 Å². The van der Waals surface area contributed by atoms with Crippen LogP contribution in [0.5, 0.6) is 0 Å². The van der Waals surface area contributed by atoms with Crippen LogP contribution in [0.25, 0.3) is 0 Å². The number of rotatable bonds is 18. The van der Waals surface area contributed by atoms with Crippen LogP contribution in [0, 0.1) is 23.7 Å². The first-order chi connectivity index (χ1) is 27.4. The minimum Gasteiger partial charge on any atom is -0.0656 e. The van der Waals surface area contributed by atoms with Gasteiger partial charge in [0, 0.05) is 0 Å². The quantitative estimate of drug-likeness (QED) is 0.121. The molecule has 0 rings (SSSR count). The van der Waals surface area contributed by atoms with Gasteiger partial charge in [-0.25, -0.2) is 0 Å². The fourth-order valence-electron chi connectivity index (χ4n) is 2.86. The molecule has 58 heavy (non-hydrogen) atoms. The van der Waals surface area contributed by atoms with Crippen molar-refractivity contribution in [2.45, 2.75) is 361 Å². The Morgan fingerprint density at radius 2 is 0.328 bits per heavy atom. The molecule has 0 amide bonds. The van der Waals surface area contributed by atoms with Crippen LogP contribution in [0.4, 0.5) is 0 Å². The van der Waals surface area contributed by atoms with E-state index in [-0.39, 0.29) is 0 Å². The topological polar surface area (TPSA) is 0 Å². The third-order valence-electron chi connectivity index (χ3n) is 7.69. The summed E-state index contributed by atoms with van der Waals surface area (Å²) >= 11 is 0. The lowest BCUT2D eigenvalue weighted by molar-refractivity contribution is 0.576. The Morgan fingerprint density at radius 1 is 0.190 bits per heavy atom. The van der Waals surface area contributed by atoms with E-state index >= 15 is 0 Å². The molecule has 0 bridgehead atoms. The lowest BCUT2D eigenvalue weighted by Gasteiger charge is -1.95. The van der Waals surface area contributed by atoms with Crippen molar-refractivity contribution in [1.82, 2.24) is 0 Å². The highest BCUT2D eigenvalue weighted by Crippen LogP contribution is 2.01. The van der Waals surface area contributed by atoms with Gasteiger partial charge in [-0.1, -0.05) is 361 Å². The molecule has 0 saturated carbocycles. The van der Waals surface area contributed by atoms with Gasteiger partial charge in [-0.15, -0.1) is 0 Å². The highest BCUT2D eigenvalue weighted by molar-refractivity contribution is 4.39. The molecule has 0 aliphatic heterocycles. The average molecular weight is 838 g/mol. The van der Waals surface area contributed by atoms with E-state index in [1.807, 2.05) is 0 Å². The first kappa shape index (κ1) is 89.1. The number of unbranched alkanes of at least 4 members (excludes halogenated alkanes) is 12. The minimum absolute atomic E-state index is 0.884. The highest BCUT2D eigenvalue weighted by Gasteiger charge is 1.86. The third-order valence-corrected chi connectivity index (χ3v) is 7.69. The molecule has 0 spiro atoms. The van der Waals surface area contributed by atoms with E-state index in [0.29, 0.717) is 0 Å².